The molecular weight excluding hydrogens is 265 g/mol. The zero-order chi connectivity index (χ0) is 13.3. The Bertz CT molecular complexity index is 266. The summed E-state index contributed by atoms with van der Waals surface area (Å²) in [5.74, 6) is -0.613. The Balaban J connectivity index is 4.13. The Kier molecular flexibility index (Phi) is 8.90. The van der Waals surface area contributed by atoms with E-state index in [0.29, 0.717) is 19.0 Å². The van der Waals surface area contributed by atoms with Crippen LogP contribution in [0.15, 0.2) is 0 Å². The molecule has 6 nitrogen and oxygen atoms in total. The number of rotatable bonds is 10. The first-order valence-electron chi connectivity index (χ1n) is 5.35. The van der Waals surface area contributed by atoms with Gasteiger partial charge in [0.2, 0.25) is 0 Å². The van der Waals surface area contributed by atoms with Crippen molar-refractivity contribution in [1.82, 2.24) is 5.32 Å². The molecule has 2 N–H and O–H groups in total. The van der Waals surface area contributed by atoms with Crippen molar-refractivity contribution < 1.29 is 23.5 Å². The van der Waals surface area contributed by atoms with Crippen LogP contribution in [0.5, 0.6) is 0 Å². The summed E-state index contributed by atoms with van der Waals surface area (Å²) < 4.78 is 22.2. The molecule has 17 heavy (non-hydrogen) atoms. The van der Waals surface area contributed by atoms with E-state index in [-0.39, 0.29) is 5.49 Å². The van der Waals surface area contributed by atoms with E-state index < -0.39 is 19.6 Å². The van der Waals surface area contributed by atoms with Crippen molar-refractivity contribution in [3.05, 3.63) is 0 Å². The number of thioether (sulfide) groups is 1. The molecule has 0 fully saturated rings. The van der Waals surface area contributed by atoms with Gasteiger partial charge >= 0.3 is 13.6 Å². The highest BCUT2D eigenvalue weighted by Crippen LogP contribution is 2.50. The van der Waals surface area contributed by atoms with Gasteiger partial charge in [0.25, 0.3) is 0 Å². The Morgan fingerprint density at radius 2 is 1.94 bits per heavy atom. The quantitative estimate of drug-likeness (QED) is 0.590. The number of aliphatic carboxylic acids is 1. The van der Waals surface area contributed by atoms with Crippen LogP contribution in [0.1, 0.15) is 13.8 Å². The second-order valence-electron chi connectivity index (χ2n) is 3.13. The van der Waals surface area contributed by atoms with E-state index in [0.717, 1.165) is 0 Å². The summed E-state index contributed by atoms with van der Waals surface area (Å²) in [6.07, 6.45) is 0. The average Bonchev–Trinajstić information content (AvgIpc) is 2.24. The fourth-order valence-electron chi connectivity index (χ4n) is 1.07. The molecule has 0 aliphatic rings. The van der Waals surface area contributed by atoms with Crippen molar-refractivity contribution in [2.75, 3.05) is 31.5 Å². The van der Waals surface area contributed by atoms with Gasteiger partial charge in [0.1, 0.15) is 6.04 Å². The highest BCUT2D eigenvalue weighted by atomic mass is 32.2. The molecule has 0 aromatic heterocycles. The number of carboxylic acids is 1. The topological polar surface area (TPSA) is 84.9 Å². The zero-order valence-electron chi connectivity index (χ0n) is 10.3. The van der Waals surface area contributed by atoms with Gasteiger partial charge in [0.15, 0.2) is 0 Å². The normalized spacial score (nSPS) is 13.6. The molecule has 0 saturated carbocycles. The predicted octanol–water partition coefficient (Wildman–Crippen LogP) is 1.62. The van der Waals surface area contributed by atoms with Gasteiger partial charge in [0, 0.05) is 5.75 Å². The molecule has 0 aromatic carbocycles. The molecule has 0 aromatic rings. The lowest BCUT2D eigenvalue weighted by Crippen LogP contribution is -2.36. The fourth-order valence-corrected chi connectivity index (χ4v) is 4.38. The van der Waals surface area contributed by atoms with E-state index in [9.17, 15) is 9.36 Å². The molecule has 0 bridgehead atoms. The third-order valence-electron chi connectivity index (χ3n) is 1.83. The minimum atomic E-state index is -3.07. The Labute approximate surface area is 106 Å². The first-order chi connectivity index (χ1) is 7.99. The van der Waals surface area contributed by atoms with Crippen LogP contribution in [0.3, 0.4) is 0 Å². The number of likely N-dealkylation sites (N-methyl/N-ethyl adjacent to an activating group) is 1. The summed E-state index contributed by atoms with van der Waals surface area (Å²) in [6.45, 7) is 4.10. The average molecular weight is 285 g/mol. The third-order valence-corrected chi connectivity index (χ3v) is 5.70. The predicted molar refractivity (Wildman–Crippen MR) is 68.7 cm³/mol. The fraction of sp³-hybridized carbons (Fsp3) is 0.889. The largest absolute Gasteiger partial charge is 0.480 e. The second kappa shape index (κ2) is 8.94. The van der Waals surface area contributed by atoms with Crippen LogP contribution in [0.25, 0.3) is 0 Å². The van der Waals surface area contributed by atoms with Crippen molar-refractivity contribution in [1.29, 1.82) is 0 Å². The van der Waals surface area contributed by atoms with Crippen molar-refractivity contribution in [2.45, 2.75) is 19.9 Å². The lowest BCUT2D eigenvalue weighted by atomic mass is 10.3. The van der Waals surface area contributed by atoms with Crippen molar-refractivity contribution in [2.24, 2.45) is 0 Å². The smallest absolute Gasteiger partial charge is 0.340 e. The molecule has 0 aliphatic carbocycles. The molecule has 0 saturated heterocycles. The molecule has 102 valence electrons. The number of carbonyl (C=O) groups is 1. The maximum absolute atomic E-state index is 12.0. The van der Waals surface area contributed by atoms with Gasteiger partial charge < -0.3 is 19.5 Å². The van der Waals surface area contributed by atoms with Gasteiger partial charge in [-0.05, 0) is 20.9 Å². The van der Waals surface area contributed by atoms with Crippen LogP contribution in [0, 0.1) is 0 Å². The SMILES string of the molecule is CCOP(=O)(CSC[C@H](NC)C(=O)O)OCC. The van der Waals surface area contributed by atoms with Gasteiger partial charge in [-0.25, -0.2) is 0 Å². The molecule has 0 radical (unpaired) electrons. The van der Waals surface area contributed by atoms with Crippen LogP contribution in [-0.4, -0.2) is 48.6 Å². The lowest BCUT2D eigenvalue weighted by Gasteiger charge is -2.17. The van der Waals surface area contributed by atoms with Crippen molar-refractivity contribution in [3.63, 3.8) is 0 Å². The third kappa shape index (κ3) is 7.06. The summed E-state index contributed by atoms with van der Waals surface area (Å²) in [6, 6.07) is -0.656. The molecule has 8 heteroatoms. The standard InChI is InChI=1S/C9H20NO5PS/c1-4-14-16(13,15-5-2)7-17-6-8(10-3)9(11)12/h8,10H,4-7H2,1-3H3,(H,11,12)/t8-/m0/s1. The second-order valence-corrected chi connectivity index (χ2v) is 6.64. The molecule has 0 rings (SSSR count). The molecule has 0 spiro atoms. The lowest BCUT2D eigenvalue weighted by molar-refractivity contribution is -0.138. The Morgan fingerprint density at radius 1 is 1.41 bits per heavy atom. The van der Waals surface area contributed by atoms with E-state index >= 15 is 0 Å². The summed E-state index contributed by atoms with van der Waals surface area (Å²) in [5, 5.41) is 11.5. The van der Waals surface area contributed by atoms with Gasteiger partial charge in [-0.1, -0.05) is 0 Å². The van der Waals surface area contributed by atoms with E-state index in [2.05, 4.69) is 5.32 Å². The van der Waals surface area contributed by atoms with Crippen molar-refractivity contribution in [3.8, 4) is 0 Å². The van der Waals surface area contributed by atoms with Gasteiger partial charge in [-0.3, -0.25) is 9.36 Å². The van der Waals surface area contributed by atoms with Crippen LogP contribution in [0.4, 0.5) is 0 Å². The molecular formula is C9H20NO5PS. The van der Waals surface area contributed by atoms with E-state index in [1.807, 2.05) is 0 Å². The van der Waals surface area contributed by atoms with Gasteiger partial charge in [-0.15, -0.1) is 11.8 Å². The van der Waals surface area contributed by atoms with Gasteiger partial charge in [-0.2, -0.15) is 0 Å². The van der Waals surface area contributed by atoms with Crippen LogP contribution >= 0.6 is 19.4 Å². The summed E-state index contributed by atoms with van der Waals surface area (Å²) in [7, 11) is -1.50. The first kappa shape index (κ1) is 16.9. The highest BCUT2D eigenvalue weighted by molar-refractivity contribution is 8.04. The number of hydrogen-bond acceptors (Lipinski definition) is 6. The summed E-state index contributed by atoms with van der Waals surface area (Å²) in [4.78, 5) is 10.7. The maximum Gasteiger partial charge on any atom is 0.340 e. The number of hydrogen-bond donors (Lipinski definition) is 2. The molecule has 0 unspecified atom stereocenters. The molecule has 0 heterocycles. The van der Waals surface area contributed by atoms with E-state index in [4.69, 9.17) is 14.2 Å². The Morgan fingerprint density at radius 3 is 2.29 bits per heavy atom. The number of nitrogens with one attached hydrogen (secondary N) is 1. The van der Waals surface area contributed by atoms with Crippen LogP contribution < -0.4 is 5.32 Å². The molecule has 1 atom stereocenters. The minimum absolute atomic E-state index is 0.167. The summed E-state index contributed by atoms with van der Waals surface area (Å²) >= 11 is 1.24. The minimum Gasteiger partial charge on any atom is -0.480 e. The van der Waals surface area contributed by atoms with Crippen LogP contribution in [0.2, 0.25) is 0 Å². The monoisotopic (exact) mass is 285 g/mol. The van der Waals surface area contributed by atoms with E-state index in [1.165, 1.54) is 11.8 Å². The first-order valence-corrected chi connectivity index (χ1v) is 8.23. The Hall–Kier alpha value is -0.0700. The van der Waals surface area contributed by atoms with E-state index in [1.54, 1.807) is 20.9 Å². The number of carboxylic acid groups (broad SMARTS) is 1. The maximum atomic E-state index is 12.0. The molecule has 0 aliphatic heterocycles. The zero-order valence-corrected chi connectivity index (χ0v) is 12.1. The highest BCUT2D eigenvalue weighted by Gasteiger charge is 2.25. The van der Waals surface area contributed by atoms with Crippen LogP contribution in [-0.2, 0) is 18.4 Å². The van der Waals surface area contributed by atoms with Crippen molar-refractivity contribution >= 4 is 25.3 Å². The molecule has 0 amide bonds. The van der Waals surface area contributed by atoms with Gasteiger partial charge in [0.05, 0.1) is 18.7 Å². The summed E-state index contributed by atoms with van der Waals surface area (Å²) in [5.41, 5.74) is 0.167.